The zero-order valence-electron chi connectivity index (χ0n) is 16.0. The predicted molar refractivity (Wildman–Crippen MR) is 111 cm³/mol. The Morgan fingerprint density at radius 1 is 1.00 bits per heavy atom. The van der Waals surface area contributed by atoms with Crippen LogP contribution in [0.5, 0.6) is 0 Å². The summed E-state index contributed by atoms with van der Waals surface area (Å²) in [5.41, 5.74) is 2.10. The van der Waals surface area contributed by atoms with Crippen LogP contribution in [-0.2, 0) is 0 Å². The van der Waals surface area contributed by atoms with E-state index >= 15 is 0 Å². The highest BCUT2D eigenvalue weighted by molar-refractivity contribution is 6.31. The molecule has 3 nitrogen and oxygen atoms in total. The van der Waals surface area contributed by atoms with Gasteiger partial charge in [0, 0.05) is 28.5 Å². The predicted octanol–water partition coefficient (Wildman–Crippen LogP) is 6.35. The van der Waals surface area contributed by atoms with Crippen LogP contribution in [-0.4, -0.2) is 11.9 Å². The van der Waals surface area contributed by atoms with Crippen LogP contribution < -0.4 is 10.2 Å². The van der Waals surface area contributed by atoms with Gasteiger partial charge in [0.15, 0.2) is 0 Å². The number of anilines is 2. The molecule has 1 aliphatic heterocycles. The van der Waals surface area contributed by atoms with Crippen molar-refractivity contribution in [2.45, 2.75) is 25.4 Å². The second-order valence-corrected chi connectivity index (χ2v) is 7.70. The Morgan fingerprint density at radius 3 is 2.40 bits per heavy atom. The van der Waals surface area contributed by atoms with Gasteiger partial charge in [-0.2, -0.15) is 0 Å². The van der Waals surface area contributed by atoms with Gasteiger partial charge in [0.1, 0.15) is 17.5 Å². The van der Waals surface area contributed by atoms with Crippen molar-refractivity contribution in [1.82, 2.24) is 0 Å². The lowest BCUT2D eigenvalue weighted by atomic mass is 9.90. The van der Waals surface area contributed by atoms with Crippen LogP contribution in [0.2, 0.25) is 5.02 Å². The minimum absolute atomic E-state index is 0.138. The fraction of sp³-hybridized carbons (Fsp3) is 0.174. The Morgan fingerprint density at radius 2 is 1.70 bits per heavy atom. The molecule has 1 amide bonds. The van der Waals surface area contributed by atoms with Crippen LogP contribution in [0, 0.1) is 17.5 Å². The van der Waals surface area contributed by atoms with Crippen molar-refractivity contribution < 1.29 is 18.0 Å². The first-order valence-electron chi connectivity index (χ1n) is 9.43. The number of hydrogen-bond donors (Lipinski definition) is 1. The van der Waals surface area contributed by atoms with Crippen LogP contribution in [0.1, 0.15) is 35.3 Å². The molecule has 7 heteroatoms. The molecule has 0 saturated carbocycles. The molecule has 1 aliphatic rings. The summed E-state index contributed by atoms with van der Waals surface area (Å²) in [5.74, 6) is -1.73. The molecular formula is C23H18ClF3N2O. The van der Waals surface area contributed by atoms with Crippen LogP contribution in [0.15, 0.2) is 60.7 Å². The maximum Gasteiger partial charge on any atom is 0.258 e. The molecule has 0 aromatic heterocycles. The molecule has 2 atom stereocenters. The third-order valence-corrected chi connectivity index (χ3v) is 5.50. The SMILES string of the molecule is C[C@H]1C[C@H](Nc2ccc(F)cc2)c2cc(F)ccc2N1C(=O)c1ccc(F)c(Cl)c1. The van der Waals surface area contributed by atoms with Crippen LogP contribution in [0.25, 0.3) is 0 Å². The quantitative estimate of drug-likeness (QED) is 0.525. The summed E-state index contributed by atoms with van der Waals surface area (Å²) in [6, 6.07) is 13.4. The Balaban J connectivity index is 1.71. The summed E-state index contributed by atoms with van der Waals surface area (Å²) in [6.45, 7) is 1.88. The molecule has 0 aliphatic carbocycles. The van der Waals surface area contributed by atoms with Crippen molar-refractivity contribution in [2.75, 3.05) is 10.2 Å². The standard InChI is InChI=1S/C23H18ClF3N2O/c1-13-10-21(28-17-6-3-15(25)4-7-17)18-12-16(26)5-9-22(18)29(13)23(30)14-2-8-20(27)19(24)11-14/h2-9,11-13,21,28H,10H2,1H3/t13-,21-/m0/s1. The van der Waals surface area contributed by atoms with Gasteiger partial charge in [-0.1, -0.05) is 11.6 Å². The van der Waals surface area contributed by atoms with E-state index in [0.29, 0.717) is 23.4 Å². The molecule has 0 spiro atoms. The van der Waals surface area contributed by atoms with Gasteiger partial charge in [-0.05, 0) is 74.0 Å². The van der Waals surface area contributed by atoms with Crippen molar-refractivity contribution in [3.8, 4) is 0 Å². The van der Waals surface area contributed by atoms with E-state index in [1.165, 1.54) is 36.4 Å². The molecule has 1 N–H and O–H groups in total. The molecule has 154 valence electrons. The Kier molecular flexibility index (Phi) is 5.43. The smallest absolute Gasteiger partial charge is 0.258 e. The Bertz CT molecular complexity index is 1100. The average molecular weight is 431 g/mol. The second kappa shape index (κ2) is 8.03. The normalized spacial score (nSPS) is 18.1. The van der Waals surface area contributed by atoms with Crippen molar-refractivity contribution in [2.24, 2.45) is 0 Å². The van der Waals surface area contributed by atoms with E-state index in [2.05, 4.69) is 5.32 Å². The monoisotopic (exact) mass is 430 g/mol. The van der Waals surface area contributed by atoms with Crippen LogP contribution in [0.4, 0.5) is 24.5 Å². The third-order valence-electron chi connectivity index (χ3n) is 5.21. The van der Waals surface area contributed by atoms with Crippen LogP contribution >= 0.6 is 11.6 Å². The summed E-state index contributed by atoms with van der Waals surface area (Å²) in [5, 5.41) is 3.16. The lowest BCUT2D eigenvalue weighted by molar-refractivity contribution is 0.0974. The van der Waals surface area contributed by atoms with E-state index in [4.69, 9.17) is 11.6 Å². The maximum atomic E-state index is 14.1. The van der Waals surface area contributed by atoms with Crippen LogP contribution in [0.3, 0.4) is 0 Å². The summed E-state index contributed by atoms with van der Waals surface area (Å²) in [4.78, 5) is 14.8. The van der Waals surface area contributed by atoms with Gasteiger partial charge in [-0.3, -0.25) is 4.79 Å². The van der Waals surface area contributed by atoms with E-state index in [1.54, 1.807) is 23.1 Å². The molecule has 30 heavy (non-hydrogen) atoms. The van der Waals surface area contributed by atoms with E-state index in [-0.39, 0.29) is 34.4 Å². The summed E-state index contributed by atoms with van der Waals surface area (Å²) in [7, 11) is 0. The summed E-state index contributed by atoms with van der Waals surface area (Å²) in [6.07, 6.45) is 0.495. The first kappa shape index (κ1) is 20.3. The van der Waals surface area contributed by atoms with Gasteiger partial charge in [-0.15, -0.1) is 0 Å². The van der Waals surface area contributed by atoms with Crippen molar-refractivity contribution >= 4 is 28.9 Å². The average Bonchev–Trinajstić information content (AvgIpc) is 2.72. The number of carbonyl (C=O) groups excluding carboxylic acids is 1. The van der Waals surface area contributed by atoms with Gasteiger partial charge >= 0.3 is 0 Å². The maximum absolute atomic E-state index is 14.1. The minimum atomic E-state index is -0.606. The van der Waals surface area contributed by atoms with Gasteiger partial charge < -0.3 is 10.2 Å². The molecule has 0 bridgehead atoms. The number of hydrogen-bond acceptors (Lipinski definition) is 2. The highest BCUT2D eigenvalue weighted by atomic mass is 35.5. The van der Waals surface area contributed by atoms with Crippen molar-refractivity contribution in [3.05, 3.63) is 94.3 Å². The zero-order chi connectivity index (χ0) is 21.4. The number of nitrogens with zero attached hydrogens (tertiary/aromatic N) is 1. The van der Waals surface area contributed by atoms with E-state index < -0.39 is 11.6 Å². The van der Waals surface area contributed by atoms with E-state index in [9.17, 15) is 18.0 Å². The van der Waals surface area contributed by atoms with Gasteiger partial charge in [0.2, 0.25) is 0 Å². The number of amides is 1. The van der Waals surface area contributed by atoms with E-state index in [0.717, 1.165) is 6.07 Å². The molecule has 4 rings (SSSR count). The molecule has 1 heterocycles. The molecule has 0 saturated heterocycles. The summed E-state index contributed by atoms with van der Waals surface area (Å²) < 4.78 is 40.8. The van der Waals surface area contributed by atoms with Gasteiger partial charge in [-0.25, -0.2) is 13.2 Å². The lowest BCUT2D eigenvalue weighted by Crippen LogP contribution is -2.44. The molecule has 0 unspecified atom stereocenters. The van der Waals surface area contributed by atoms with E-state index in [1.807, 2.05) is 6.92 Å². The second-order valence-electron chi connectivity index (χ2n) is 7.30. The highest BCUT2D eigenvalue weighted by Gasteiger charge is 2.34. The fourth-order valence-corrected chi connectivity index (χ4v) is 3.98. The lowest BCUT2D eigenvalue weighted by Gasteiger charge is -2.40. The number of benzene rings is 3. The van der Waals surface area contributed by atoms with Crippen molar-refractivity contribution in [3.63, 3.8) is 0 Å². The third kappa shape index (κ3) is 3.87. The van der Waals surface area contributed by atoms with Crippen molar-refractivity contribution in [1.29, 1.82) is 0 Å². The molecule has 0 fully saturated rings. The number of nitrogens with one attached hydrogen (secondary N) is 1. The fourth-order valence-electron chi connectivity index (χ4n) is 3.80. The molecular weight excluding hydrogens is 413 g/mol. The number of fused-ring (bicyclic) bond motifs is 1. The zero-order valence-corrected chi connectivity index (χ0v) is 16.8. The topological polar surface area (TPSA) is 32.3 Å². The largest absolute Gasteiger partial charge is 0.378 e. The Hall–Kier alpha value is -2.99. The first-order chi connectivity index (χ1) is 14.3. The summed E-state index contributed by atoms with van der Waals surface area (Å²) >= 11 is 5.85. The highest BCUT2D eigenvalue weighted by Crippen LogP contribution is 2.40. The molecule has 3 aromatic carbocycles. The molecule has 3 aromatic rings. The first-order valence-corrected chi connectivity index (χ1v) is 9.81. The Labute approximate surface area is 177 Å². The van der Waals surface area contributed by atoms with Gasteiger partial charge in [0.25, 0.3) is 5.91 Å². The number of rotatable bonds is 3. The molecule has 0 radical (unpaired) electrons. The minimum Gasteiger partial charge on any atom is -0.378 e. The number of carbonyl (C=O) groups is 1. The van der Waals surface area contributed by atoms with Gasteiger partial charge in [0.05, 0.1) is 11.1 Å². The number of halogens is 4.